The van der Waals surface area contributed by atoms with Gasteiger partial charge in [-0.25, -0.2) is 9.37 Å². The summed E-state index contributed by atoms with van der Waals surface area (Å²) in [5.41, 5.74) is 1.08. The number of nitrogens with zero attached hydrogens (tertiary/aromatic N) is 5. The van der Waals surface area contributed by atoms with Crippen molar-refractivity contribution in [1.82, 2.24) is 19.8 Å². The minimum atomic E-state index is -0.190. The van der Waals surface area contributed by atoms with E-state index in [1.165, 1.54) is 12.1 Å². The number of nitrogens with one attached hydrogen (secondary N) is 1. The SMILES string of the molecule is CN=C(NCCCCn1ccnc1C)N1CCN(c2ccc(F)cc2)CC1. The van der Waals surface area contributed by atoms with Gasteiger partial charge in [0.15, 0.2) is 5.96 Å². The number of hydrogen-bond donors (Lipinski definition) is 1. The summed E-state index contributed by atoms with van der Waals surface area (Å²) in [6, 6.07) is 6.74. The third-order valence-electron chi connectivity index (χ3n) is 5.02. The van der Waals surface area contributed by atoms with Crippen LogP contribution in [0, 0.1) is 12.7 Å². The Morgan fingerprint density at radius 2 is 1.89 bits per heavy atom. The molecule has 27 heavy (non-hydrogen) atoms. The molecule has 2 aromatic rings. The predicted octanol–water partition coefficient (Wildman–Crippen LogP) is 2.51. The highest BCUT2D eigenvalue weighted by molar-refractivity contribution is 5.80. The van der Waals surface area contributed by atoms with Crippen molar-refractivity contribution in [2.75, 3.05) is 44.7 Å². The summed E-state index contributed by atoms with van der Waals surface area (Å²) < 4.78 is 15.3. The molecule has 0 bridgehead atoms. The van der Waals surface area contributed by atoms with Gasteiger partial charge in [0.2, 0.25) is 0 Å². The van der Waals surface area contributed by atoms with Gasteiger partial charge in [-0.05, 0) is 44.0 Å². The molecule has 6 nitrogen and oxygen atoms in total. The lowest BCUT2D eigenvalue weighted by Gasteiger charge is -2.37. The summed E-state index contributed by atoms with van der Waals surface area (Å²) in [4.78, 5) is 13.3. The lowest BCUT2D eigenvalue weighted by atomic mass is 10.2. The molecule has 1 fully saturated rings. The van der Waals surface area contributed by atoms with E-state index < -0.39 is 0 Å². The standard InChI is InChI=1S/C20H29FN6/c1-17-23-10-12-25(17)11-4-3-9-24-20(22-2)27-15-13-26(14-16-27)19-7-5-18(21)6-8-19/h5-8,10,12H,3-4,9,11,13-16H2,1-2H3,(H,22,24). The van der Waals surface area contributed by atoms with Gasteiger partial charge >= 0.3 is 0 Å². The molecule has 146 valence electrons. The number of halogens is 1. The first-order chi connectivity index (χ1) is 13.2. The van der Waals surface area contributed by atoms with Gasteiger partial charge < -0.3 is 19.7 Å². The molecule has 0 saturated carbocycles. The maximum absolute atomic E-state index is 13.1. The third kappa shape index (κ3) is 5.21. The zero-order valence-corrected chi connectivity index (χ0v) is 16.2. The van der Waals surface area contributed by atoms with E-state index in [2.05, 4.69) is 29.7 Å². The first kappa shape index (κ1) is 19.2. The van der Waals surface area contributed by atoms with E-state index in [9.17, 15) is 4.39 Å². The van der Waals surface area contributed by atoms with Gasteiger partial charge in [-0.3, -0.25) is 4.99 Å². The summed E-state index contributed by atoms with van der Waals surface area (Å²) >= 11 is 0. The second-order valence-corrected chi connectivity index (χ2v) is 6.80. The van der Waals surface area contributed by atoms with Crippen LogP contribution in [0.15, 0.2) is 41.7 Å². The first-order valence-electron chi connectivity index (χ1n) is 9.61. The van der Waals surface area contributed by atoms with Crippen LogP contribution in [0.25, 0.3) is 0 Å². The van der Waals surface area contributed by atoms with Crippen LogP contribution in [0.3, 0.4) is 0 Å². The van der Waals surface area contributed by atoms with Gasteiger partial charge in [0, 0.05) is 64.4 Å². The molecule has 1 aromatic heterocycles. The Bertz CT molecular complexity index is 731. The van der Waals surface area contributed by atoms with E-state index in [-0.39, 0.29) is 5.82 Å². The molecule has 2 heterocycles. The summed E-state index contributed by atoms with van der Waals surface area (Å²) in [5.74, 6) is 1.84. The first-order valence-corrected chi connectivity index (χ1v) is 9.61. The van der Waals surface area contributed by atoms with Crippen molar-refractivity contribution in [3.8, 4) is 0 Å². The van der Waals surface area contributed by atoms with E-state index in [4.69, 9.17) is 0 Å². The van der Waals surface area contributed by atoms with Crippen LogP contribution in [0.5, 0.6) is 0 Å². The molecule has 1 saturated heterocycles. The number of piperazine rings is 1. The number of aliphatic imine (C=N–C) groups is 1. The molecule has 1 aliphatic rings. The van der Waals surface area contributed by atoms with Crippen molar-refractivity contribution >= 4 is 11.6 Å². The topological polar surface area (TPSA) is 48.7 Å². The number of benzene rings is 1. The summed E-state index contributed by atoms with van der Waals surface area (Å²) in [7, 11) is 1.84. The average molecular weight is 372 g/mol. The number of guanidine groups is 1. The zero-order chi connectivity index (χ0) is 19.1. The van der Waals surface area contributed by atoms with Gasteiger partial charge in [-0.15, -0.1) is 0 Å². The Morgan fingerprint density at radius 3 is 2.52 bits per heavy atom. The van der Waals surface area contributed by atoms with Crippen LogP contribution in [0.2, 0.25) is 0 Å². The van der Waals surface area contributed by atoms with E-state index in [0.717, 1.165) is 69.6 Å². The van der Waals surface area contributed by atoms with Crippen molar-refractivity contribution in [1.29, 1.82) is 0 Å². The molecule has 3 rings (SSSR count). The fraction of sp³-hybridized carbons (Fsp3) is 0.500. The smallest absolute Gasteiger partial charge is 0.193 e. The Kier molecular flexibility index (Phi) is 6.68. The maximum Gasteiger partial charge on any atom is 0.193 e. The highest BCUT2D eigenvalue weighted by Crippen LogP contribution is 2.16. The molecule has 1 aliphatic heterocycles. The van der Waals surface area contributed by atoms with E-state index >= 15 is 0 Å². The van der Waals surface area contributed by atoms with Gasteiger partial charge in [-0.2, -0.15) is 0 Å². The molecule has 0 amide bonds. The molecule has 0 radical (unpaired) electrons. The van der Waals surface area contributed by atoms with Crippen molar-refractivity contribution in [2.45, 2.75) is 26.3 Å². The second kappa shape index (κ2) is 9.39. The second-order valence-electron chi connectivity index (χ2n) is 6.80. The van der Waals surface area contributed by atoms with Crippen LogP contribution < -0.4 is 10.2 Å². The number of aryl methyl sites for hydroxylation is 2. The van der Waals surface area contributed by atoms with Gasteiger partial charge in [-0.1, -0.05) is 0 Å². The van der Waals surface area contributed by atoms with Crippen LogP contribution in [-0.2, 0) is 6.54 Å². The molecule has 0 spiro atoms. The fourth-order valence-electron chi connectivity index (χ4n) is 3.41. The van der Waals surface area contributed by atoms with E-state index in [1.807, 2.05) is 38.5 Å². The molecule has 7 heteroatoms. The summed E-state index contributed by atoms with van der Waals surface area (Å²) in [5, 5.41) is 3.48. The maximum atomic E-state index is 13.1. The molecular formula is C20H29FN6. The molecule has 0 atom stereocenters. The largest absolute Gasteiger partial charge is 0.368 e. The molecule has 0 aliphatic carbocycles. The van der Waals surface area contributed by atoms with Gasteiger partial charge in [0.05, 0.1) is 0 Å². The predicted molar refractivity (Wildman–Crippen MR) is 108 cm³/mol. The average Bonchev–Trinajstić information content (AvgIpc) is 3.10. The highest BCUT2D eigenvalue weighted by atomic mass is 19.1. The zero-order valence-electron chi connectivity index (χ0n) is 16.2. The number of anilines is 1. The van der Waals surface area contributed by atoms with Crippen LogP contribution >= 0.6 is 0 Å². The van der Waals surface area contributed by atoms with Crippen LogP contribution in [0.4, 0.5) is 10.1 Å². The highest BCUT2D eigenvalue weighted by Gasteiger charge is 2.19. The third-order valence-corrected chi connectivity index (χ3v) is 5.02. The van der Waals surface area contributed by atoms with Crippen molar-refractivity contribution in [2.24, 2.45) is 4.99 Å². The minimum absolute atomic E-state index is 0.190. The van der Waals surface area contributed by atoms with Crippen molar-refractivity contribution in [3.05, 3.63) is 48.3 Å². The number of aromatic nitrogens is 2. The number of unbranched alkanes of at least 4 members (excludes halogenated alkanes) is 1. The van der Waals surface area contributed by atoms with Gasteiger partial charge in [0.25, 0.3) is 0 Å². The van der Waals surface area contributed by atoms with Gasteiger partial charge in [0.1, 0.15) is 11.6 Å². The number of rotatable bonds is 6. The lowest BCUT2D eigenvalue weighted by Crippen LogP contribution is -2.52. The normalized spacial score (nSPS) is 15.3. The lowest BCUT2D eigenvalue weighted by molar-refractivity contribution is 0.372. The fourth-order valence-corrected chi connectivity index (χ4v) is 3.41. The summed E-state index contributed by atoms with van der Waals surface area (Å²) in [6.45, 7) is 7.59. The van der Waals surface area contributed by atoms with E-state index in [0.29, 0.717) is 0 Å². The Hall–Kier alpha value is -2.57. The Morgan fingerprint density at radius 1 is 1.15 bits per heavy atom. The quantitative estimate of drug-likeness (QED) is 0.481. The number of imidazole rings is 1. The Labute approximate surface area is 160 Å². The number of hydrogen-bond acceptors (Lipinski definition) is 3. The van der Waals surface area contributed by atoms with Crippen LogP contribution in [-0.4, -0.2) is 60.2 Å². The summed E-state index contributed by atoms with van der Waals surface area (Å²) in [6.07, 6.45) is 6.08. The molecule has 1 aromatic carbocycles. The van der Waals surface area contributed by atoms with Crippen molar-refractivity contribution < 1.29 is 4.39 Å². The molecule has 0 unspecified atom stereocenters. The Balaban J connectivity index is 1.38. The van der Waals surface area contributed by atoms with Crippen molar-refractivity contribution in [3.63, 3.8) is 0 Å². The minimum Gasteiger partial charge on any atom is -0.368 e. The molecular weight excluding hydrogens is 343 g/mol. The molecule has 1 N–H and O–H groups in total. The van der Waals surface area contributed by atoms with E-state index in [1.54, 1.807) is 0 Å². The van der Waals surface area contributed by atoms with Crippen LogP contribution in [0.1, 0.15) is 18.7 Å². The monoisotopic (exact) mass is 372 g/mol.